The van der Waals surface area contributed by atoms with Gasteiger partial charge < -0.3 is 20.1 Å². The third-order valence-corrected chi connectivity index (χ3v) is 11.1. The minimum absolute atomic E-state index is 0.0570. The van der Waals surface area contributed by atoms with E-state index in [2.05, 4.69) is 87.9 Å². The number of amides is 3. The lowest BCUT2D eigenvalue weighted by atomic mass is 9.84. The van der Waals surface area contributed by atoms with Gasteiger partial charge in [0.25, 0.3) is 0 Å². The van der Waals surface area contributed by atoms with Crippen molar-refractivity contribution in [3.63, 3.8) is 0 Å². The molecular weight excluding hydrogens is 642 g/mol. The predicted octanol–water partition coefficient (Wildman–Crippen LogP) is 6.63. The Morgan fingerprint density at radius 3 is 2.70 bits per heavy atom. The highest BCUT2D eigenvalue weighted by molar-refractivity contribution is 9.10. The number of benzene rings is 1. The number of anilines is 1. The Labute approximate surface area is 266 Å². The number of hydrogen-bond donors (Lipinski definition) is 2. The summed E-state index contributed by atoms with van der Waals surface area (Å²) in [6.07, 6.45) is 4.56. The summed E-state index contributed by atoms with van der Waals surface area (Å²) in [5, 5.41) is 12.5. The van der Waals surface area contributed by atoms with E-state index in [9.17, 15) is 9.59 Å². The first-order valence-corrected chi connectivity index (χ1v) is 19.6. The van der Waals surface area contributed by atoms with E-state index < -0.39 is 14.2 Å². The van der Waals surface area contributed by atoms with Crippen LogP contribution in [0, 0.1) is 0 Å². The van der Waals surface area contributed by atoms with Crippen molar-refractivity contribution < 1.29 is 19.1 Å². The van der Waals surface area contributed by atoms with Crippen molar-refractivity contribution in [3.05, 3.63) is 40.8 Å². The molecule has 2 aliphatic rings. The Hall–Kier alpha value is -3.42. The molecule has 234 valence electrons. The Bertz CT molecular complexity index is 1740. The first-order valence-electron chi connectivity index (χ1n) is 15.1. The fourth-order valence-corrected chi connectivity index (χ4v) is 7.54. The smallest absolute Gasteiger partial charge is 0.407 e. The molecule has 0 radical (unpaired) electrons. The minimum atomic E-state index is -1.26. The van der Waals surface area contributed by atoms with Gasteiger partial charge in [0.1, 0.15) is 12.4 Å². The first-order chi connectivity index (χ1) is 21.0. The summed E-state index contributed by atoms with van der Waals surface area (Å²) >= 11 is 3.94. The molecule has 0 spiro atoms. The molecule has 11 nitrogen and oxygen atoms in total. The molecule has 0 saturated heterocycles. The van der Waals surface area contributed by atoms with E-state index in [1.165, 1.54) is 7.11 Å². The van der Waals surface area contributed by atoms with Crippen LogP contribution in [0.5, 0.6) is 0 Å². The summed E-state index contributed by atoms with van der Waals surface area (Å²) < 4.78 is 15.9. The van der Waals surface area contributed by atoms with Crippen LogP contribution in [0.25, 0.3) is 33.1 Å². The van der Waals surface area contributed by atoms with E-state index in [0.29, 0.717) is 32.7 Å². The Morgan fingerprint density at radius 1 is 1.23 bits per heavy atom. The van der Waals surface area contributed by atoms with Crippen LogP contribution in [0.15, 0.2) is 35.2 Å². The van der Waals surface area contributed by atoms with Gasteiger partial charge in [0.15, 0.2) is 0 Å². The van der Waals surface area contributed by atoms with Crippen molar-refractivity contribution in [1.29, 1.82) is 0 Å². The third kappa shape index (κ3) is 5.61. The summed E-state index contributed by atoms with van der Waals surface area (Å²) in [4.78, 5) is 32.2. The van der Waals surface area contributed by atoms with Crippen molar-refractivity contribution in [2.45, 2.75) is 83.8 Å². The van der Waals surface area contributed by atoms with Crippen LogP contribution in [0.2, 0.25) is 25.7 Å². The molecule has 1 aliphatic carbocycles. The van der Waals surface area contributed by atoms with Gasteiger partial charge in [-0.05, 0) is 66.4 Å². The van der Waals surface area contributed by atoms with E-state index in [-0.39, 0.29) is 24.2 Å². The number of methoxy groups -OCH3 is 1. The number of carbonyl (C=O) groups is 2. The quantitative estimate of drug-likeness (QED) is 0.151. The number of halogens is 1. The van der Waals surface area contributed by atoms with E-state index >= 15 is 0 Å². The highest BCUT2D eigenvalue weighted by Gasteiger charge is 2.42. The SMILES string of the molecule is COC(=O)NC1CC(N2C(=O)NCc3cnc4c(c(-c5ccc6c(cnn6C(C)C)c5)c(Br)n4COCC[Si](C)(C)C)c32)C1. The maximum Gasteiger partial charge on any atom is 0.407 e. The molecule has 2 N–H and O–H groups in total. The number of hydrogen-bond acceptors (Lipinski definition) is 6. The van der Waals surface area contributed by atoms with Gasteiger partial charge in [0, 0.05) is 62.1 Å². The molecule has 1 saturated carbocycles. The van der Waals surface area contributed by atoms with Gasteiger partial charge in [0.2, 0.25) is 0 Å². The highest BCUT2D eigenvalue weighted by atomic mass is 79.9. The summed E-state index contributed by atoms with van der Waals surface area (Å²) in [6, 6.07) is 7.39. The zero-order valence-electron chi connectivity index (χ0n) is 26.1. The average Bonchev–Trinajstić information content (AvgIpc) is 3.50. The number of aromatic nitrogens is 4. The van der Waals surface area contributed by atoms with Crippen LogP contribution < -0.4 is 15.5 Å². The lowest BCUT2D eigenvalue weighted by Gasteiger charge is -2.45. The number of ether oxygens (including phenoxy) is 2. The average molecular weight is 683 g/mol. The number of pyridine rings is 1. The summed E-state index contributed by atoms with van der Waals surface area (Å²) in [6.45, 7) is 12.7. The van der Waals surface area contributed by atoms with Crippen molar-refractivity contribution in [1.82, 2.24) is 30.0 Å². The van der Waals surface area contributed by atoms with E-state index in [4.69, 9.17) is 14.5 Å². The number of rotatable bonds is 9. The number of carbonyl (C=O) groups excluding carboxylic acids is 2. The summed E-state index contributed by atoms with van der Waals surface area (Å²) in [5.41, 5.74) is 5.58. The van der Waals surface area contributed by atoms with Gasteiger partial charge >= 0.3 is 12.1 Å². The number of alkyl carbamates (subject to hydrolysis) is 1. The molecular formula is C31H40BrN7O4Si. The van der Waals surface area contributed by atoms with E-state index in [1.807, 2.05) is 22.0 Å². The molecule has 1 fully saturated rings. The van der Waals surface area contributed by atoms with Gasteiger partial charge in [-0.2, -0.15) is 5.10 Å². The van der Waals surface area contributed by atoms with E-state index in [1.54, 1.807) is 0 Å². The maximum absolute atomic E-state index is 13.5. The number of nitrogens with one attached hydrogen (secondary N) is 2. The van der Waals surface area contributed by atoms with Crippen LogP contribution in [0.1, 0.15) is 38.3 Å². The second-order valence-electron chi connectivity index (χ2n) is 13.2. The fraction of sp³-hybridized carbons (Fsp3) is 0.484. The number of fused-ring (bicyclic) bond motifs is 4. The van der Waals surface area contributed by atoms with Crippen molar-refractivity contribution in [2.75, 3.05) is 18.6 Å². The molecule has 4 heterocycles. The van der Waals surface area contributed by atoms with Crippen LogP contribution in [-0.4, -0.2) is 65.3 Å². The Morgan fingerprint density at radius 2 is 2.00 bits per heavy atom. The molecule has 0 bridgehead atoms. The molecule has 1 aromatic carbocycles. The molecule has 44 heavy (non-hydrogen) atoms. The van der Waals surface area contributed by atoms with Gasteiger partial charge in [-0.25, -0.2) is 14.6 Å². The first kappa shape index (κ1) is 30.6. The molecule has 1 aliphatic heterocycles. The minimum Gasteiger partial charge on any atom is -0.453 e. The van der Waals surface area contributed by atoms with Crippen molar-refractivity contribution >= 4 is 63.8 Å². The molecule has 0 unspecified atom stereocenters. The zero-order chi connectivity index (χ0) is 31.3. The molecule has 3 amide bonds. The Balaban J connectivity index is 1.48. The van der Waals surface area contributed by atoms with Gasteiger partial charge in [0.05, 0.1) is 34.5 Å². The van der Waals surface area contributed by atoms with E-state index in [0.717, 1.165) is 55.0 Å². The zero-order valence-corrected chi connectivity index (χ0v) is 28.7. The lowest BCUT2D eigenvalue weighted by molar-refractivity contribution is 0.0886. The van der Waals surface area contributed by atoms with Crippen molar-refractivity contribution in [2.24, 2.45) is 0 Å². The van der Waals surface area contributed by atoms with Crippen molar-refractivity contribution in [3.8, 4) is 11.1 Å². The fourth-order valence-electron chi connectivity index (χ4n) is 6.09. The summed E-state index contributed by atoms with van der Waals surface area (Å²) in [7, 11) is 0.0922. The topological polar surface area (TPSA) is 116 Å². The normalized spacial score (nSPS) is 18.5. The van der Waals surface area contributed by atoms with Crippen LogP contribution in [0.4, 0.5) is 15.3 Å². The number of nitrogens with zero attached hydrogens (tertiary/aromatic N) is 5. The summed E-state index contributed by atoms with van der Waals surface area (Å²) in [5.74, 6) is 0. The Kier molecular flexibility index (Phi) is 8.22. The second kappa shape index (κ2) is 11.8. The second-order valence-corrected chi connectivity index (χ2v) is 19.6. The number of urea groups is 1. The molecule has 0 atom stereocenters. The standard InChI is InChI=1S/C31H40BrN7O4Si/c1-18(2)39-24-8-7-19(11-20(24)16-35-39)25-26-27-21(14-33-29(26)37(28(25)32)17-43-9-10-44(4,5)6)15-34-30(40)38(27)23-12-22(13-23)36-31(41)42-3/h7-8,11,14,16,18,22-23H,9-10,12-13,15,17H2,1-6H3,(H,34,40)(H,36,41). The lowest BCUT2D eigenvalue weighted by Crippen LogP contribution is -2.59. The highest BCUT2D eigenvalue weighted by Crippen LogP contribution is 2.47. The van der Waals surface area contributed by atoms with Crippen LogP contribution in [-0.2, 0) is 22.7 Å². The largest absolute Gasteiger partial charge is 0.453 e. The maximum atomic E-state index is 13.5. The van der Waals surface area contributed by atoms with Crippen LogP contribution in [0.3, 0.4) is 0 Å². The monoisotopic (exact) mass is 681 g/mol. The molecule has 3 aromatic heterocycles. The van der Waals surface area contributed by atoms with Gasteiger partial charge in [-0.15, -0.1) is 0 Å². The molecule has 6 rings (SSSR count). The molecule has 13 heteroatoms. The van der Waals surface area contributed by atoms with Crippen LogP contribution >= 0.6 is 15.9 Å². The predicted molar refractivity (Wildman–Crippen MR) is 178 cm³/mol. The van der Waals surface area contributed by atoms with Gasteiger partial charge in [-0.1, -0.05) is 25.7 Å². The molecule has 4 aromatic rings. The van der Waals surface area contributed by atoms with Gasteiger partial charge in [-0.3, -0.25) is 14.1 Å². The third-order valence-electron chi connectivity index (χ3n) is 8.52.